The largest absolute Gasteiger partial charge is 0.491 e. The topological polar surface area (TPSA) is 70.6 Å². The van der Waals surface area contributed by atoms with E-state index in [2.05, 4.69) is 10.6 Å². The van der Waals surface area contributed by atoms with E-state index < -0.39 is 0 Å². The van der Waals surface area contributed by atoms with E-state index in [0.717, 1.165) is 29.4 Å². The molecule has 1 aliphatic rings. The Morgan fingerprint density at radius 3 is 2.70 bits per heavy atom. The maximum absolute atomic E-state index is 11.7. The van der Waals surface area contributed by atoms with E-state index in [1.54, 1.807) is 0 Å². The molecular formula is C18H22N2O3. The number of urea groups is 1. The van der Waals surface area contributed by atoms with Gasteiger partial charge in [0.25, 0.3) is 0 Å². The summed E-state index contributed by atoms with van der Waals surface area (Å²) in [6, 6.07) is 13.8. The Morgan fingerprint density at radius 1 is 1.13 bits per heavy atom. The van der Waals surface area contributed by atoms with Crippen molar-refractivity contribution in [2.75, 3.05) is 26.3 Å². The summed E-state index contributed by atoms with van der Waals surface area (Å²) in [7, 11) is 0. The number of hydrogen-bond acceptors (Lipinski definition) is 3. The van der Waals surface area contributed by atoms with Crippen LogP contribution in [0.25, 0.3) is 10.8 Å². The third-order valence-electron chi connectivity index (χ3n) is 4.31. The number of ether oxygens (including phenoxy) is 1. The highest BCUT2D eigenvalue weighted by Gasteiger charge is 2.42. The Kier molecular flexibility index (Phi) is 4.67. The second-order valence-corrected chi connectivity index (χ2v) is 6.09. The zero-order chi connectivity index (χ0) is 16.1. The van der Waals surface area contributed by atoms with E-state index in [1.165, 1.54) is 0 Å². The lowest BCUT2D eigenvalue weighted by atomic mass is 10.1. The fraction of sp³-hybridized carbons (Fsp3) is 0.389. The van der Waals surface area contributed by atoms with Crippen molar-refractivity contribution in [3.8, 4) is 5.75 Å². The number of aliphatic hydroxyl groups excluding tert-OH is 1. The fourth-order valence-electron chi connectivity index (χ4n) is 2.54. The minimum atomic E-state index is -0.216. The number of carbonyl (C=O) groups excluding carboxylic acids is 1. The third-order valence-corrected chi connectivity index (χ3v) is 4.31. The van der Waals surface area contributed by atoms with Gasteiger partial charge in [-0.2, -0.15) is 0 Å². The van der Waals surface area contributed by atoms with Crippen LogP contribution in [0.1, 0.15) is 12.8 Å². The summed E-state index contributed by atoms with van der Waals surface area (Å²) in [4.78, 5) is 11.7. The molecule has 2 aromatic rings. The summed E-state index contributed by atoms with van der Waals surface area (Å²) < 4.78 is 5.77. The van der Waals surface area contributed by atoms with Gasteiger partial charge in [-0.1, -0.05) is 36.4 Å². The minimum absolute atomic E-state index is 0.0726. The highest BCUT2D eigenvalue weighted by Crippen LogP contribution is 2.44. The molecule has 0 radical (unpaired) electrons. The zero-order valence-electron chi connectivity index (χ0n) is 13.0. The van der Waals surface area contributed by atoms with Crippen LogP contribution in [-0.4, -0.2) is 37.4 Å². The standard InChI is InChI=1S/C18H22N2O3/c21-13-18(8-9-18)12-20-17(22)19-10-11-23-16-7-3-5-14-4-1-2-6-15(14)16/h1-7,21H,8-13H2,(H2,19,20,22). The molecule has 2 aromatic carbocycles. The molecule has 0 aromatic heterocycles. The third kappa shape index (κ3) is 3.93. The zero-order valence-corrected chi connectivity index (χ0v) is 13.0. The number of rotatable bonds is 7. The SMILES string of the molecule is O=C(NCCOc1cccc2ccccc12)NCC1(CO)CC1. The summed E-state index contributed by atoms with van der Waals surface area (Å²) in [5.74, 6) is 0.822. The minimum Gasteiger partial charge on any atom is -0.491 e. The Bertz CT molecular complexity index is 678. The quantitative estimate of drug-likeness (QED) is 0.687. The van der Waals surface area contributed by atoms with E-state index in [1.807, 2.05) is 42.5 Å². The van der Waals surface area contributed by atoms with Gasteiger partial charge in [0.15, 0.2) is 0 Å². The number of fused-ring (bicyclic) bond motifs is 1. The molecule has 5 heteroatoms. The van der Waals surface area contributed by atoms with Crippen molar-refractivity contribution < 1.29 is 14.6 Å². The van der Waals surface area contributed by atoms with Crippen LogP contribution in [0.4, 0.5) is 4.79 Å². The van der Waals surface area contributed by atoms with E-state index in [9.17, 15) is 9.90 Å². The molecule has 0 heterocycles. The van der Waals surface area contributed by atoms with Crippen molar-refractivity contribution in [1.82, 2.24) is 10.6 Å². The van der Waals surface area contributed by atoms with Gasteiger partial charge in [-0.3, -0.25) is 0 Å². The molecule has 1 fully saturated rings. The lowest BCUT2D eigenvalue weighted by Gasteiger charge is -2.14. The lowest BCUT2D eigenvalue weighted by Crippen LogP contribution is -2.41. The second kappa shape index (κ2) is 6.87. The molecule has 2 amide bonds. The van der Waals surface area contributed by atoms with Crippen LogP contribution in [0.2, 0.25) is 0 Å². The molecule has 1 aliphatic carbocycles. The molecule has 0 unspecified atom stereocenters. The lowest BCUT2D eigenvalue weighted by molar-refractivity contribution is 0.202. The molecule has 0 atom stereocenters. The number of nitrogens with one attached hydrogen (secondary N) is 2. The maximum atomic E-state index is 11.7. The molecule has 0 bridgehead atoms. The normalized spacial score (nSPS) is 15.2. The smallest absolute Gasteiger partial charge is 0.314 e. The van der Waals surface area contributed by atoms with Gasteiger partial charge < -0.3 is 20.5 Å². The summed E-state index contributed by atoms with van der Waals surface area (Å²) in [5.41, 5.74) is -0.0726. The number of amides is 2. The van der Waals surface area contributed by atoms with Crippen molar-refractivity contribution in [2.45, 2.75) is 12.8 Å². The average molecular weight is 314 g/mol. The molecule has 0 spiro atoms. The van der Waals surface area contributed by atoms with Crippen LogP contribution in [-0.2, 0) is 0 Å². The Balaban J connectivity index is 1.41. The van der Waals surface area contributed by atoms with Gasteiger partial charge in [0.05, 0.1) is 13.2 Å². The molecule has 0 saturated heterocycles. The van der Waals surface area contributed by atoms with Crippen LogP contribution in [0.3, 0.4) is 0 Å². The summed E-state index contributed by atoms with van der Waals surface area (Å²) in [6.07, 6.45) is 1.96. The van der Waals surface area contributed by atoms with Crippen molar-refractivity contribution in [3.63, 3.8) is 0 Å². The van der Waals surface area contributed by atoms with Crippen LogP contribution < -0.4 is 15.4 Å². The fourth-order valence-corrected chi connectivity index (χ4v) is 2.54. The number of carbonyl (C=O) groups is 1. The van der Waals surface area contributed by atoms with Gasteiger partial charge >= 0.3 is 6.03 Å². The van der Waals surface area contributed by atoms with Crippen LogP contribution >= 0.6 is 0 Å². The van der Waals surface area contributed by atoms with Gasteiger partial charge in [0.2, 0.25) is 0 Å². The van der Waals surface area contributed by atoms with E-state index in [4.69, 9.17) is 4.74 Å². The molecule has 23 heavy (non-hydrogen) atoms. The maximum Gasteiger partial charge on any atom is 0.314 e. The number of hydrogen-bond donors (Lipinski definition) is 3. The van der Waals surface area contributed by atoms with Crippen molar-refractivity contribution >= 4 is 16.8 Å². The highest BCUT2D eigenvalue weighted by molar-refractivity contribution is 5.88. The molecule has 3 rings (SSSR count). The van der Waals surface area contributed by atoms with Crippen LogP contribution in [0.15, 0.2) is 42.5 Å². The van der Waals surface area contributed by atoms with Crippen molar-refractivity contribution in [1.29, 1.82) is 0 Å². The van der Waals surface area contributed by atoms with E-state index >= 15 is 0 Å². The van der Waals surface area contributed by atoms with Crippen LogP contribution in [0.5, 0.6) is 5.75 Å². The first-order chi connectivity index (χ1) is 11.2. The molecule has 1 saturated carbocycles. The monoisotopic (exact) mass is 314 g/mol. The molecular weight excluding hydrogens is 292 g/mol. The first-order valence-corrected chi connectivity index (χ1v) is 7.96. The Labute approximate surface area is 135 Å². The molecule has 0 aliphatic heterocycles. The molecule has 5 nitrogen and oxygen atoms in total. The first-order valence-electron chi connectivity index (χ1n) is 7.96. The van der Waals surface area contributed by atoms with E-state index in [-0.39, 0.29) is 18.1 Å². The van der Waals surface area contributed by atoms with Gasteiger partial charge in [0.1, 0.15) is 12.4 Å². The van der Waals surface area contributed by atoms with E-state index in [0.29, 0.717) is 19.7 Å². The number of aliphatic hydroxyl groups is 1. The van der Waals surface area contributed by atoms with Gasteiger partial charge in [-0.05, 0) is 24.3 Å². The predicted molar refractivity (Wildman–Crippen MR) is 89.6 cm³/mol. The van der Waals surface area contributed by atoms with Gasteiger partial charge in [-0.15, -0.1) is 0 Å². The molecule has 3 N–H and O–H groups in total. The van der Waals surface area contributed by atoms with Gasteiger partial charge in [0, 0.05) is 17.3 Å². The Hall–Kier alpha value is -2.27. The highest BCUT2D eigenvalue weighted by atomic mass is 16.5. The first kappa shape index (κ1) is 15.6. The van der Waals surface area contributed by atoms with Gasteiger partial charge in [-0.25, -0.2) is 4.79 Å². The van der Waals surface area contributed by atoms with Crippen molar-refractivity contribution in [3.05, 3.63) is 42.5 Å². The summed E-state index contributed by atoms with van der Waals surface area (Å²) in [6.45, 7) is 1.50. The summed E-state index contributed by atoms with van der Waals surface area (Å²) in [5, 5.41) is 17.0. The Morgan fingerprint density at radius 2 is 1.91 bits per heavy atom. The van der Waals surface area contributed by atoms with Crippen molar-refractivity contribution in [2.24, 2.45) is 5.41 Å². The average Bonchev–Trinajstić information content (AvgIpc) is 3.38. The molecule has 122 valence electrons. The predicted octanol–water partition coefficient (Wildman–Crippen LogP) is 2.29. The second-order valence-electron chi connectivity index (χ2n) is 6.09. The summed E-state index contributed by atoms with van der Waals surface area (Å²) >= 11 is 0. The number of benzene rings is 2. The van der Waals surface area contributed by atoms with Crippen LogP contribution in [0, 0.1) is 5.41 Å².